The van der Waals surface area contributed by atoms with E-state index in [2.05, 4.69) is 17.9 Å². The fourth-order valence-electron chi connectivity index (χ4n) is 0.652. The van der Waals surface area contributed by atoms with Crippen LogP contribution in [0.1, 0.15) is 0 Å². The van der Waals surface area contributed by atoms with Crippen LogP contribution in [0.15, 0.2) is 24.4 Å². The Bertz CT molecular complexity index is 225. The Hall–Kier alpha value is -1.40. The van der Waals surface area contributed by atoms with Gasteiger partial charge >= 0.3 is 0 Å². The van der Waals surface area contributed by atoms with Gasteiger partial charge in [0.2, 0.25) is 0 Å². The van der Waals surface area contributed by atoms with Crippen molar-refractivity contribution in [3.8, 4) is 12.5 Å². The molecule has 0 aliphatic rings. The summed E-state index contributed by atoms with van der Waals surface area (Å²) in [5.74, 6) is 0. The minimum Gasteiger partial charge on any atom is -0.389 e. The van der Waals surface area contributed by atoms with Crippen LogP contribution in [0.4, 0.5) is 0 Å². The Morgan fingerprint density at radius 2 is 2.23 bits per heavy atom. The van der Waals surface area contributed by atoms with Gasteiger partial charge in [0, 0.05) is 39.4 Å². The van der Waals surface area contributed by atoms with Crippen LogP contribution in [0.5, 0.6) is 0 Å². The number of allylic oxidation sites excluding steroid dienone is 1. The number of nitrogens with zero attached hydrogens (tertiary/aromatic N) is 2. The molecule has 3 nitrogen and oxygen atoms in total. The van der Waals surface area contributed by atoms with Gasteiger partial charge in [-0.15, -0.1) is 0 Å². The molecule has 0 amide bonds. The summed E-state index contributed by atoms with van der Waals surface area (Å²) in [7, 11) is 5.59. The van der Waals surface area contributed by atoms with Gasteiger partial charge in [0.25, 0.3) is 0 Å². The zero-order valence-corrected chi connectivity index (χ0v) is 8.54. The van der Waals surface area contributed by atoms with E-state index in [1.165, 1.54) is 0 Å². The summed E-state index contributed by atoms with van der Waals surface area (Å²) >= 11 is 0. The molecule has 0 bridgehead atoms. The smallest absolute Gasteiger partial charge is 0.0369 e. The fraction of sp³-hybridized carbons (Fsp3) is 0.400. The van der Waals surface area contributed by atoms with Crippen molar-refractivity contribution in [1.82, 2.24) is 15.3 Å². The van der Waals surface area contributed by atoms with Crippen molar-refractivity contribution in [2.75, 3.05) is 27.7 Å². The van der Waals surface area contributed by atoms with Crippen molar-refractivity contribution in [3.63, 3.8) is 0 Å². The SMILES string of the molecule is C#CN(C)N(C)C/C=C/C(=C)NC. The van der Waals surface area contributed by atoms with Gasteiger partial charge in [-0.25, -0.2) is 5.01 Å². The summed E-state index contributed by atoms with van der Waals surface area (Å²) in [5, 5.41) is 6.53. The maximum absolute atomic E-state index is 5.21. The van der Waals surface area contributed by atoms with Crippen LogP contribution >= 0.6 is 0 Å². The highest BCUT2D eigenvalue weighted by atomic mass is 15.6. The molecular formula is C10H17N3. The Morgan fingerprint density at radius 3 is 2.69 bits per heavy atom. The summed E-state index contributed by atoms with van der Waals surface area (Å²) in [4.78, 5) is 0. The van der Waals surface area contributed by atoms with Crippen molar-refractivity contribution in [2.24, 2.45) is 0 Å². The molecule has 0 radical (unpaired) electrons. The molecule has 0 spiro atoms. The summed E-state index contributed by atoms with van der Waals surface area (Å²) in [6.07, 6.45) is 9.12. The minimum absolute atomic E-state index is 0.765. The highest BCUT2D eigenvalue weighted by Gasteiger charge is 1.96. The Morgan fingerprint density at radius 1 is 1.62 bits per heavy atom. The molecule has 0 saturated heterocycles. The quantitative estimate of drug-likeness (QED) is 0.289. The molecule has 0 saturated carbocycles. The molecule has 0 aromatic carbocycles. The first-order valence-electron chi connectivity index (χ1n) is 4.06. The van der Waals surface area contributed by atoms with Crippen LogP contribution in [0.3, 0.4) is 0 Å². The number of hydrogen-bond donors (Lipinski definition) is 1. The molecule has 0 aromatic heterocycles. The lowest BCUT2D eigenvalue weighted by atomic mass is 10.4. The Labute approximate surface area is 80.7 Å². The van der Waals surface area contributed by atoms with Crippen molar-refractivity contribution in [3.05, 3.63) is 24.4 Å². The standard InChI is InChI=1S/C10H17N3/c1-6-12(4)13(5)9-7-8-10(2)11-3/h1,7-8,11H,2,9H2,3-5H3/b8-7+. The molecule has 0 unspecified atom stereocenters. The zero-order chi connectivity index (χ0) is 10.3. The molecule has 13 heavy (non-hydrogen) atoms. The molecule has 0 fully saturated rings. The van der Waals surface area contributed by atoms with Crippen molar-refractivity contribution in [2.45, 2.75) is 0 Å². The topological polar surface area (TPSA) is 18.5 Å². The van der Waals surface area contributed by atoms with Crippen LogP contribution in [-0.4, -0.2) is 37.7 Å². The van der Waals surface area contributed by atoms with Crippen LogP contribution in [0.2, 0.25) is 0 Å². The van der Waals surface area contributed by atoms with Gasteiger partial charge in [-0.3, -0.25) is 5.01 Å². The van der Waals surface area contributed by atoms with Gasteiger partial charge in [-0.05, 0) is 6.08 Å². The second-order valence-corrected chi connectivity index (χ2v) is 2.67. The molecule has 0 aromatic rings. The van der Waals surface area contributed by atoms with E-state index in [0.29, 0.717) is 0 Å². The first kappa shape index (κ1) is 11.6. The number of hydrogen-bond acceptors (Lipinski definition) is 3. The number of terminal acetylenes is 1. The van der Waals surface area contributed by atoms with Gasteiger partial charge in [-0.2, -0.15) is 0 Å². The fourth-order valence-corrected chi connectivity index (χ4v) is 0.652. The van der Waals surface area contributed by atoms with Crippen LogP contribution in [0.25, 0.3) is 0 Å². The molecular weight excluding hydrogens is 162 g/mol. The van der Waals surface area contributed by atoms with E-state index in [1.807, 2.05) is 38.3 Å². The van der Waals surface area contributed by atoms with Crippen LogP contribution in [0, 0.1) is 12.5 Å². The molecule has 0 aliphatic carbocycles. The Kier molecular flexibility index (Phi) is 5.49. The molecule has 72 valence electrons. The second-order valence-electron chi connectivity index (χ2n) is 2.67. The molecule has 0 atom stereocenters. The molecule has 0 aliphatic heterocycles. The predicted molar refractivity (Wildman–Crippen MR) is 56.6 cm³/mol. The lowest BCUT2D eigenvalue weighted by molar-refractivity contribution is 0.109. The van der Waals surface area contributed by atoms with Gasteiger partial charge in [0.1, 0.15) is 0 Å². The molecule has 0 heterocycles. The maximum Gasteiger partial charge on any atom is 0.0369 e. The van der Waals surface area contributed by atoms with Gasteiger partial charge in [0.15, 0.2) is 0 Å². The highest BCUT2D eigenvalue weighted by molar-refractivity contribution is 5.11. The normalized spacial score (nSPS) is 10.1. The Balaban J connectivity index is 3.83. The lowest BCUT2D eigenvalue weighted by Crippen LogP contribution is -2.32. The first-order valence-corrected chi connectivity index (χ1v) is 4.06. The van der Waals surface area contributed by atoms with Gasteiger partial charge in [0.05, 0.1) is 0 Å². The predicted octanol–water partition coefficient (Wildman–Crippen LogP) is 0.645. The summed E-state index contributed by atoms with van der Waals surface area (Å²) in [6, 6.07) is 2.50. The third kappa shape index (κ3) is 4.94. The van der Waals surface area contributed by atoms with E-state index in [4.69, 9.17) is 6.42 Å². The average molecular weight is 179 g/mol. The third-order valence-electron chi connectivity index (χ3n) is 1.71. The monoisotopic (exact) mass is 179 g/mol. The van der Waals surface area contributed by atoms with Gasteiger partial charge in [-0.1, -0.05) is 19.1 Å². The number of hydrazine groups is 1. The second kappa shape index (κ2) is 6.15. The van der Waals surface area contributed by atoms with Gasteiger partial charge < -0.3 is 5.32 Å². The number of nitrogens with one attached hydrogen (secondary N) is 1. The summed E-state index contributed by atoms with van der Waals surface area (Å²) < 4.78 is 0. The highest BCUT2D eigenvalue weighted by Crippen LogP contribution is 1.90. The van der Waals surface area contributed by atoms with Crippen LogP contribution < -0.4 is 5.32 Å². The lowest BCUT2D eigenvalue weighted by Gasteiger charge is -2.22. The summed E-state index contributed by atoms with van der Waals surface area (Å²) in [5.41, 5.74) is 0.886. The maximum atomic E-state index is 5.21. The zero-order valence-electron chi connectivity index (χ0n) is 8.54. The average Bonchev–Trinajstić information content (AvgIpc) is 2.15. The van der Waals surface area contributed by atoms with Crippen molar-refractivity contribution < 1.29 is 0 Å². The van der Waals surface area contributed by atoms with E-state index in [9.17, 15) is 0 Å². The van der Waals surface area contributed by atoms with E-state index in [-0.39, 0.29) is 0 Å². The number of rotatable bonds is 5. The molecule has 0 rings (SSSR count). The third-order valence-corrected chi connectivity index (χ3v) is 1.71. The number of likely N-dealkylation sites (N-methyl/N-ethyl adjacent to an activating group) is 2. The molecule has 3 heteroatoms. The first-order chi connectivity index (χ1) is 6.11. The van der Waals surface area contributed by atoms with E-state index in [0.717, 1.165) is 12.2 Å². The van der Waals surface area contributed by atoms with Crippen molar-refractivity contribution in [1.29, 1.82) is 0 Å². The minimum atomic E-state index is 0.765. The van der Waals surface area contributed by atoms with E-state index in [1.54, 1.807) is 5.01 Å². The summed E-state index contributed by atoms with van der Waals surface area (Å²) in [6.45, 7) is 4.53. The van der Waals surface area contributed by atoms with Crippen LogP contribution in [-0.2, 0) is 0 Å². The van der Waals surface area contributed by atoms with E-state index < -0.39 is 0 Å². The molecule has 1 N–H and O–H groups in total. The largest absolute Gasteiger partial charge is 0.389 e. The van der Waals surface area contributed by atoms with Crippen molar-refractivity contribution >= 4 is 0 Å². The van der Waals surface area contributed by atoms with E-state index >= 15 is 0 Å².